The van der Waals surface area contributed by atoms with Crippen molar-refractivity contribution in [1.29, 1.82) is 0 Å². The van der Waals surface area contributed by atoms with Gasteiger partial charge in [-0.05, 0) is 45.0 Å². The molecule has 0 radical (unpaired) electrons. The van der Waals surface area contributed by atoms with E-state index in [1.165, 1.54) is 25.9 Å². The van der Waals surface area contributed by atoms with Gasteiger partial charge in [0.2, 0.25) is 0 Å². The maximum atomic E-state index is 5.74. The van der Waals surface area contributed by atoms with Crippen molar-refractivity contribution in [1.82, 2.24) is 19.5 Å². The molecule has 0 bridgehead atoms. The lowest BCUT2D eigenvalue weighted by atomic mass is 9.94. The van der Waals surface area contributed by atoms with Crippen LogP contribution in [0, 0.1) is 5.92 Å². The molecule has 5 nitrogen and oxygen atoms in total. The van der Waals surface area contributed by atoms with Crippen LogP contribution in [-0.4, -0.2) is 39.6 Å². The Morgan fingerprint density at radius 1 is 1.37 bits per heavy atom. The summed E-state index contributed by atoms with van der Waals surface area (Å²) in [7, 11) is 2.19. The van der Waals surface area contributed by atoms with Crippen molar-refractivity contribution in [3.05, 3.63) is 29.7 Å². The number of fused-ring (bicyclic) bond motifs is 1. The molecule has 3 heterocycles. The van der Waals surface area contributed by atoms with Crippen LogP contribution in [0.15, 0.2) is 18.3 Å². The third kappa shape index (κ3) is 2.62. The number of rotatable bonds is 3. The molecule has 19 heavy (non-hydrogen) atoms. The Hall–Kier alpha value is -1.46. The highest BCUT2D eigenvalue weighted by Gasteiger charge is 2.19. The summed E-state index contributed by atoms with van der Waals surface area (Å²) in [5, 5.41) is 4.57. The molecule has 2 aromatic rings. The second kappa shape index (κ2) is 5.27. The number of piperidine rings is 1. The monoisotopic (exact) mass is 259 g/mol. The zero-order chi connectivity index (χ0) is 13.2. The van der Waals surface area contributed by atoms with Crippen molar-refractivity contribution in [2.45, 2.75) is 25.8 Å². The molecule has 0 aliphatic carbocycles. The van der Waals surface area contributed by atoms with E-state index in [1.54, 1.807) is 0 Å². The molecule has 1 aliphatic heterocycles. The van der Waals surface area contributed by atoms with Crippen molar-refractivity contribution in [2.24, 2.45) is 11.7 Å². The molecule has 1 saturated heterocycles. The van der Waals surface area contributed by atoms with E-state index in [9.17, 15) is 0 Å². The van der Waals surface area contributed by atoms with Gasteiger partial charge in [0.1, 0.15) is 0 Å². The highest BCUT2D eigenvalue weighted by Crippen LogP contribution is 2.20. The molecule has 2 aromatic heterocycles. The summed E-state index contributed by atoms with van der Waals surface area (Å²) in [5.74, 6) is 1.67. The van der Waals surface area contributed by atoms with E-state index in [-0.39, 0.29) is 0 Å². The molecular formula is C14H21N5. The molecule has 2 N–H and O–H groups in total. The summed E-state index contributed by atoms with van der Waals surface area (Å²) in [4.78, 5) is 7.04. The van der Waals surface area contributed by atoms with Gasteiger partial charge in [-0.1, -0.05) is 6.07 Å². The van der Waals surface area contributed by atoms with Crippen LogP contribution in [0.4, 0.5) is 0 Å². The average molecular weight is 259 g/mol. The van der Waals surface area contributed by atoms with Crippen molar-refractivity contribution in [3.8, 4) is 0 Å². The summed E-state index contributed by atoms with van der Waals surface area (Å²) >= 11 is 0. The largest absolute Gasteiger partial charge is 0.326 e. The minimum absolute atomic E-state index is 0.511. The van der Waals surface area contributed by atoms with Crippen LogP contribution >= 0.6 is 0 Å². The Bertz CT molecular complexity index is 554. The van der Waals surface area contributed by atoms with Gasteiger partial charge < -0.3 is 10.6 Å². The SMILES string of the molecule is CN1CCC(Cc2nc3c(CN)cccn3n2)CC1. The van der Waals surface area contributed by atoms with Crippen LogP contribution in [0.25, 0.3) is 5.65 Å². The normalized spacial score (nSPS) is 18.2. The molecule has 0 amide bonds. The fourth-order valence-electron chi connectivity index (χ4n) is 2.78. The number of aromatic nitrogens is 3. The number of nitrogens with zero attached hydrogens (tertiary/aromatic N) is 4. The molecule has 0 aromatic carbocycles. The van der Waals surface area contributed by atoms with Gasteiger partial charge in [-0.25, -0.2) is 9.50 Å². The van der Waals surface area contributed by atoms with Gasteiger partial charge in [-0.15, -0.1) is 0 Å². The standard InChI is InChI=1S/C14H21N5/c1-18-7-4-11(5-8-18)9-13-16-14-12(10-15)3-2-6-19(14)17-13/h2-3,6,11H,4-5,7-10,15H2,1H3. The topological polar surface area (TPSA) is 59.5 Å². The first-order valence-electron chi connectivity index (χ1n) is 6.98. The molecule has 0 atom stereocenters. The van der Waals surface area contributed by atoms with Crippen molar-refractivity contribution < 1.29 is 0 Å². The zero-order valence-corrected chi connectivity index (χ0v) is 11.4. The van der Waals surface area contributed by atoms with E-state index in [4.69, 9.17) is 5.73 Å². The number of likely N-dealkylation sites (tertiary alicyclic amines) is 1. The van der Waals surface area contributed by atoms with Gasteiger partial charge >= 0.3 is 0 Å². The van der Waals surface area contributed by atoms with Crippen LogP contribution in [0.5, 0.6) is 0 Å². The Balaban J connectivity index is 1.78. The summed E-state index contributed by atoms with van der Waals surface area (Å²) in [6.45, 7) is 2.88. The Morgan fingerprint density at radius 3 is 2.89 bits per heavy atom. The van der Waals surface area contributed by atoms with Crippen LogP contribution in [0.3, 0.4) is 0 Å². The second-order valence-electron chi connectivity index (χ2n) is 5.48. The van der Waals surface area contributed by atoms with Gasteiger partial charge in [-0.3, -0.25) is 0 Å². The fourth-order valence-corrected chi connectivity index (χ4v) is 2.78. The Morgan fingerprint density at radius 2 is 2.16 bits per heavy atom. The summed E-state index contributed by atoms with van der Waals surface area (Å²) in [6, 6.07) is 3.99. The van der Waals surface area contributed by atoms with Gasteiger partial charge in [0.05, 0.1) is 0 Å². The van der Waals surface area contributed by atoms with Gasteiger partial charge in [0, 0.05) is 24.7 Å². The fraction of sp³-hybridized carbons (Fsp3) is 0.571. The molecule has 1 fully saturated rings. The van der Waals surface area contributed by atoms with Crippen LogP contribution in [0.1, 0.15) is 24.2 Å². The summed E-state index contributed by atoms with van der Waals surface area (Å²) in [6.07, 6.45) is 5.42. The van der Waals surface area contributed by atoms with Crippen molar-refractivity contribution in [2.75, 3.05) is 20.1 Å². The minimum atomic E-state index is 0.511. The third-order valence-electron chi connectivity index (χ3n) is 4.02. The first kappa shape index (κ1) is 12.6. The predicted octanol–water partition coefficient (Wildman–Crippen LogP) is 1.07. The molecule has 102 valence electrons. The van der Waals surface area contributed by atoms with E-state index in [2.05, 4.69) is 22.0 Å². The number of hydrogen-bond acceptors (Lipinski definition) is 4. The van der Waals surface area contributed by atoms with E-state index >= 15 is 0 Å². The van der Waals surface area contributed by atoms with Crippen molar-refractivity contribution >= 4 is 5.65 Å². The predicted molar refractivity (Wildman–Crippen MR) is 74.8 cm³/mol. The smallest absolute Gasteiger partial charge is 0.160 e. The molecule has 0 spiro atoms. The Kier molecular flexibility index (Phi) is 3.48. The van der Waals surface area contributed by atoms with E-state index in [0.29, 0.717) is 6.54 Å². The molecule has 3 rings (SSSR count). The van der Waals surface area contributed by atoms with Crippen LogP contribution < -0.4 is 5.73 Å². The van der Waals surface area contributed by atoms with E-state index in [0.717, 1.165) is 29.4 Å². The number of hydrogen-bond donors (Lipinski definition) is 1. The highest BCUT2D eigenvalue weighted by molar-refractivity contribution is 5.46. The first-order chi connectivity index (χ1) is 9.26. The Labute approximate surface area is 113 Å². The minimum Gasteiger partial charge on any atom is -0.326 e. The van der Waals surface area contributed by atoms with Gasteiger partial charge in [0.15, 0.2) is 11.5 Å². The summed E-state index contributed by atoms with van der Waals surface area (Å²) in [5.41, 5.74) is 7.71. The molecule has 0 saturated carbocycles. The number of pyridine rings is 1. The molecular weight excluding hydrogens is 238 g/mol. The quantitative estimate of drug-likeness (QED) is 0.896. The number of nitrogens with two attached hydrogens (primary N) is 1. The molecule has 5 heteroatoms. The maximum Gasteiger partial charge on any atom is 0.160 e. The van der Waals surface area contributed by atoms with Crippen LogP contribution in [-0.2, 0) is 13.0 Å². The summed E-state index contributed by atoms with van der Waals surface area (Å²) < 4.78 is 1.85. The van der Waals surface area contributed by atoms with Crippen molar-refractivity contribution in [3.63, 3.8) is 0 Å². The zero-order valence-electron chi connectivity index (χ0n) is 11.4. The van der Waals surface area contributed by atoms with E-state index in [1.807, 2.05) is 22.8 Å². The maximum absolute atomic E-state index is 5.74. The third-order valence-corrected chi connectivity index (χ3v) is 4.02. The average Bonchev–Trinajstić information content (AvgIpc) is 2.83. The lowest BCUT2D eigenvalue weighted by molar-refractivity contribution is 0.217. The molecule has 1 aliphatic rings. The first-order valence-corrected chi connectivity index (χ1v) is 6.98. The lowest BCUT2D eigenvalue weighted by Crippen LogP contribution is -2.31. The highest BCUT2D eigenvalue weighted by atomic mass is 15.3. The molecule has 0 unspecified atom stereocenters. The van der Waals surface area contributed by atoms with Gasteiger partial charge in [-0.2, -0.15) is 5.10 Å². The van der Waals surface area contributed by atoms with Crippen LogP contribution in [0.2, 0.25) is 0 Å². The second-order valence-corrected chi connectivity index (χ2v) is 5.48. The lowest BCUT2D eigenvalue weighted by Gasteiger charge is -2.28. The van der Waals surface area contributed by atoms with E-state index < -0.39 is 0 Å². The van der Waals surface area contributed by atoms with Gasteiger partial charge in [0.25, 0.3) is 0 Å².